The number of aromatic nitrogens is 4. The minimum atomic E-state index is -1.08. The lowest BCUT2D eigenvalue weighted by atomic mass is 10.2. The lowest BCUT2D eigenvalue weighted by Gasteiger charge is -2.07. The van der Waals surface area contributed by atoms with Crippen LogP contribution in [0.3, 0.4) is 0 Å². The fourth-order valence-electron chi connectivity index (χ4n) is 2.61. The first-order valence-corrected chi connectivity index (χ1v) is 7.26. The summed E-state index contributed by atoms with van der Waals surface area (Å²) in [6.45, 7) is 1.51. The van der Waals surface area contributed by atoms with Crippen molar-refractivity contribution in [2.75, 3.05) is 0 Å². The first-order valence-electron chi connectivity index (χ1n) is 7.26. The Balaban J connectivity index is 2.34. The molecule has 3 rings (SSSR count). The Morgan fingerprint density at radius 3 is 2.52 bits per heavy atom. The molecule has 0 amide bonds. The maximum atomic E-state index is 12.3. The van der Waals surface area contributed by atoms with Gasteiger partial charge in [-0.25, -0.2) is 14.8 Å². The SMILES string of the molecule is CCc1nc(-c2ccccc2)nc2c1n(CC(=O)O)c(=O)n2C. The van der Waals surface area contributed by atoms with Crippen molar-refractivity contribution in [3.8, 4) is 11.4 Å². The number of carboxylic acids is 1. The van der Waals surface area contributed by atoms with E-state index in [-0.39, 0.29) is 0 Å². The average Bonchev–Trinajstić information content (AvgIpc) is 2.79. The van der Waals surface area contributed by atoms with Crippen molar-refractivity contribution < 1.29 is 9.90 Å². The molecule has 0 saturated heterocycles. The van der Waals surface area contributed by atoms with Crippen molar-refractivity contribution in [2.24, 2.45) is 7.05 Å². The topological polar surface area (TPSA) is 90.0 Å². The molecule has 0 saturated carbocycles. The Hall–Kier alpha value is -2.96. The number of rotatable bonds is 4. The number of hydrogen-bond donors (Lipinski definition) is 1. The van der Waals surface area contributed by atoms with Gasteiger partial charge in [-0.2, -0.15) is 0 Å². The maximum Gasteiger partial charge on any atom is 0.330 e. The van der Waals surface area contributed by atoms with Crippen LogP contribution >= 0.6 is 0 Å². The predicted octanol–water partition coefficient (Wildman–Crippen LogP) is 1.44. The lowest BCUT2D eigenvalue weighted by molar-refractivity contribution is -0.137. The van der Waals surface area contributed by atoms with Crippen LogP contribution in [-0.2, 0) is 24.8 Å². The summed E-state index contributed by atoms with van der Waals surface area (Å²) in [4.78, 5) is 32.4. The first kappa shape index (κ1) is 15.0. The third-order valence-electron chi connectivity index (χ3n) is 3.70. The van der Waals surface area contributed by atoms with Crippen LogP contribution in [0.4, 0.5) is 0 Å². The van der Waals surface area contributed by atoms with E-state index in [0.29, 0.717) is 29.1 Å². The summed E-state index contributed by atoms with van der Waals surface area (Å²) in [6, 6.07) is 9.48. The molecule has 0 atom stereocenters. The highest BCUT2D eigenvalue weighted by Gasteiger charge is 2.19. The van der Waals surface area contributed by atoms with Gasteiger partial charge < -0.3 is 5.11 Å². The molecule has 0 fully saturated rings. The zero-order valence-corrected chi connectivity index (χ0v) is 12.9. The summed E-state index contributed by atoms with van der Waals surface area (Å²) in [6.07, 6.45) is 0.571. The molecule has 2 heterocycles. The number of carboxylic acid groups (broad SMARTS) is 1. The Labute approximate surface area is 131 Å². The number of benzene rings is 1. The maximum absolute atomic E-state index is 12.3. The predicted molar refractivity (Wildman–Crippen MR) is 85.2 cm³/mol. The van der Waals surface area contributed by atoms with Crippen LogP contribution < -0.4 is 5.69 Å². The number of nitrogens with zero attached hydrogens (tertiary/aromatic N) is 4. The van der Waals surface area contributed by atoms with Gasteiger partial charge >= 0.3 is 11.7 Å². The number of fused-ring (bicyclic) bond motifs is 1. The highest BCUT2D eigenvalue weighted by molar-refractivity contribution is 5.79. The van der Waals surface area contributed by atoms with E-state index >= 15 is 0 Å². The van der Waals surface area contributed by atoms with Crippen molar-refractivity contribution in [2.45, 2.75) is 19.9 Å². The van der Waals surface area contributed by atoms with Crippen molar-refractivity contribution in [3.05, 3.63) is 46.5 Å². The van der Waals surface area contributed by atoms with Gasteiger partial charge in [0.05, 0.1) is 5.69 Å². The van der Waals surface area contributed by atoms with Crippen molar-refractivity contribution in [3.63, 3.8) is 0 Å². The normalized spacial score (nSPS) is 11.0. The molecule has 0 aliphatic carbocycles. The zero-order valence-electron chi connectivity index (χ0n) is 12.9. The molecule has 0 bridgehead atoms. The summed E-state index contributed by atoms with van der Waals surface area (Å²) in [5, 5.41) is 9.05. The second-order valence-electron chi connectivity index (χ2n) is 5.21. The van der Waals surface area contributed by atoms with Crippen molar-refractivity contribution in [1.82, 2.24) is 19.1 Å². The molecule has 0 unspecified atom stereocenters. The van der Waals surface area contributed by atoms with Crippen LogP contribution in [0.2, 0.25) is 0 Å². The molecule has 0 aliphatic rings. The number of aliphatic carboxylic acids is 1. The van der Waals surface area contributed by atoms with Gasteiger partial charge in [0.25, 0.3) is 0 Å². The third kappa shape index (κ3) is 2.50. The number of carbonyl (C=O) groups is 1. The molecule has 0 aliphatic heterocycles. The summed E-state index contributed by atoms with van der Waals surface area (Å²) < 4.78 is 2.58. The Bertz CT molecular complexity index is 941. The molecule has 7 heteroatoms. The van der Waals surface area contributed by atoms with E-state index in [1.54, 1.807) is 7.05 Å². The Morgan fingerprint density at radius 1 is 1.22 bits per heavy atom. The van der Waals surface area contributed by atoms with Crippen LogP contribution in [0.1, 0.15) is 12.6 Å². The number of hydrogen-bond acceptors (Lipinski definition) is 4. The second kappa shape index (κ2) is 5.68. The molecule has 0 radical (unpaired) electrons. The molecule has 0 spiro atoms. The summed E-state index contributed by atoms with van der Waals surface area (Å²) in [7, 11) is 1.59. The van der Waals surface area contributed by atoms with Gasteiger partial charge in [-0.15, -0.1) is 0 Å². The van der Waals surface area contributed by atoms with E-state index in [4.69, 9.17) is 5.11 Å². The highest BCUT2D eigenvalue weighted by Crippen LogP contribution is 2.21. The minimum Gasteiger partial charge on any atom is -0.480 e. The van der Waals surface area contributed by atoms with Crippen LogP contribution in [-0.4, -0.2) is 30.2 Å². The quantitative estimate of drug-likeness (QED) is 0.787. The molecule has 1 aromatic carbocycles. The highest BCUT2D eigenvalue weighted by atomic mass is 16.4. The van der Waals surface area contributed by atoms with Crippen molar-refractivity contribution >= 4 is 17.1 Å². The lowest BCUT2D eigenvalue weighted by Crippen LogP contribution is -2.25. The van der Waals surface area contributed by atoms with Crippen LogP contribution in [0, 0.1) is 0 Å². The molecular weight excluding hydrogens is 296 g/mol. The molecule has 3 aromatic rings. The van der Waals surface area contributed by atoms with Gasteiger partial charge in [-0.05, 0) is 6.42 Å². The van der Waals surface area contributed by atoms with E-state index in [0.717, 1.165) is 5.56 Å². The summed E-state index contributed by atoms with van der Waals surface area (Å²) in [5.41, 5.74) is 2.04. The van der Waals surface area contributed by atoms with E-state index in [1.165, 1.54) is 9.13 Å². The van der Waals surface area contributed by atoms with E-state index in [1.807, 2.05) is 37.3 Å². The standard InChI is InChI=1S/C16H16N4O3/c1-3-11-13-15(19(2)16(23)20(13)9-12(21)22)18-14(17-11)10-7-5-4-6-8-10/h4-8H,3,9H2,1-2H3,(H,21,22). The fraction of sp³-hybridized carbons (Fsp3) is 0.250. The van der Waals surface area contributed by atoms with Crippen molar-refractivity contribution in [1.29, 1.82) is 0 Å². The fourth-order valence-corrected chi connectivity index (χ4v) is 2.61. The molecule has 7 nitrogen and oxygen atoms in total. The average molecular weight is 312 g/mol. The molecule has 2 aromatic heterocycles. The summed E-state index contributed by atoms with van der Waals surface area (Å²) in [5.74, 6) is -0.549. The van der Waals surface area contributed by atoms with E-state index < -0.39 is 18.2 Å². The molecular formula is C16H16N4O3. The minimum absolute atomic E-state index is 0.406. The Kier molecular flexibility index (Phi) is 3.69. The summed E-state index contributed by atoms with van der Waals surface area (Å²) >= 11 is 0. The molecule has 23 heavy (non-hydrogen) atoms. The van der Waals surface area contributed by atoms with Gasteiger partial charge in [0.1, 0.15) is 12.1 Å². The van der Waals surface area contributed by atoms with Gasteiger partial charge in [0.15, 0.2) is 11.5 Å². The second-order valence-corrected chi connectivity index (χ2v) is 5.21. The number of aryl methyl sites for hydroxylation is 2. The number of imidazole rings is 1. The van der Waals surface area contributed by atoms with Crippen LogP contribution in [0.15, 0.2) is 35.1 Å². The van der Waals surface area contributed by atoms with Crippen LogP contribution in [0.25, 0.3) is 22.6 Å². The van der Waals surface area contributed by atoms with Gasteiger partial charge in [-0.1, -0.05) is 37.3 Å². The third-order valence-corrected chi connectivity index (χ3v) is 3.70. The molecule has 1 N–H and O–H groups in total. The monoisotopic (exact) mass is 312 g/mol. The zero-order chi connectivity index (χ0) is 16.6. The van der Waals surface area contributed by atoms with Crippen LogP contribution in [0.5, 0.6) is 0 Å². The largest absolute Gasteiger partial charge is 0.480 e. The van der Waals surface area contributed by atoms with Gasteiger partial charge in [0.2, 0.25) is 0 Å². The smallest absolute Gasteiger partial charge is 0.330 e. The molecule has 118 valence electrons. The van der Waals surface area contributed by atoms with E-state index in [2.05, 4.69) is 9.97 Å². The van der Waals surface area contributed by atoms with E-state index in [9.17, 15) is 9.59 Å². The van der Waals surface area contributed by atoms with Gasteiger partial charge in [0, 0.05) is 12.6 Å². The Morgan fingerprint density at radius 2 is 1.91 bits per heavy atom. The van der Waals surface area contributed by atoms with Gasteiger partial charge in [-0.3, -0.25) is 13.9 Å². The first-order chi connectivity index (χ1) is 11.0.